The fourth-order valence-corrected chi connectivity index (χ4v) is 3.74. The van der Waals surface area contributed by atoms with Crippen molar-refractivity contribution in [1.82, 2.24) is 4.90 Å². The van der Waals surface area contributed by atoms with Gasteiger partial charge in [0, 0.05) is 17.8 Å². The Morgan fingerprint density at radius 3 is 2.50 bits per heavy atom. The molecule has 144 valence electrons. The number of nitro benzene ring substituents is 1. The summed E-state index contributed by atoms with van der Waals surface area (Å²) in [4.78, 5) is 24.9. The summed E-state index contributed by atoms with van der Waals surface area (Å²) < 4.78 is 5.86. The molecule has 3 rings (SSSR count). The number of benzene rings is 2. The van der Waals surface area contributed by atoms with Crippen molar-refractivity contribution < 1.29 is 14.5 Å². The van der Waals surface area contributed by atoms with Crippen molar-refractivity contribution in [1.29, 1.82) is 0 Å². The average Bonchev–Trinajstić information content (AvgIpc) is 2.95. The van der Waals surface area contributed by atoms with E-state index in [9.17, 15) is 14.9 Å². The third kappa shape index (κ3) is 4.68. The average molecular weight is 415 g/mol. The van der Waals surface area contributed by atoms with Crippen LogP contribution in [0.4, 0.5) is 11.4 Å². The fraction of sp³-hybridized carbons (Fsp3) is 0.158. The summed E-state index contributed by atoms with van der Waals surface area (Å²) in [6.45, 7) is 2.77. The van der Waals surface area contributed by atoms with Crippen LogP contribution < -0.4 is 10.1 Å². The Hall–Kier alpha value is -2.91. The first-order chi connectivity index (χ1) is 13.5. The molecule has 1 fully saturated rings. The molecule has 0 aliphatic carbocycles. The van der Waals surface area contributed by atoms with Gasteiger partial charge in [-0.2, -0.15) is 0 Å². The predicted molar refractivity (Wildman–Crippen MR) is 114 cm³/mol. The molecule has 0 unspecified atom stereocenters. The number of anilines is 1. The highest BCUT2D eigenvalue weighted by Crippen LogP contribution is 2.32. The van der Waals surface area contributed by atoms with Crippen molar-refractivity contribution in [3.8, 4) is 5.75 Å². The highest BCUT2D eigenvalue weighted by molar-refractivity contribution is 8.26. The van der Waals surface area contributed by atoms with Crippen molar-refractivity contribution in [2.24, 2.45) is 0 Å². The Kier molecular flexibility index (Phi) is 6.27. The molecule has 7 nitrogen and oxygen atoms in total. The van der Waals surface area contributed by atoms with Gasteiger partial charge in [0.1, 0.15) is 10.1 Å². The van der Waals surface area contributed by atoms with Crippen LogP contribution in [0.2, 0.25) is 0 Å². The number of thiocarbonyl (C=S) groups is 1. The van der Waals surface area contributed by atoms with E-state index in [1.165, 1.54) is 28.8 Å². The lowest BCUT2D eigenvalue weighted by atomic mass is 10.2. The molecule has 0 aromatic heterocycles. The van der Waals surface area contributed by atoms with Crippen LogP contribution in [0, 0.1) is 10.1 Å². The lowest BCUT2D eigenvalue weighted by Crippen LogP contribution is -2.33. The number of carbonyl (C=O) groups excluding carboxylic acids is 1. The molecule has 9 heteroatoms. The zero-order chi connectivity index (χ0) is 20.1. The maximum absolute atomic E-state index is 12.6. The normalized spacial score (nSPS) is 15.2. The van der Waals surface area contributed by atoms with Crippen LogP contribution in [0.5, 0.6) is 5.75 Å². The van der Waals surface area contributed by atoms with Gasteiger partial charge in [-0.3, -0.25) is 19.8 Å². The number of hydrogen-bond donors (Lipinski definition) is 1. The summed E-state index contributed by atoms with van der Waals surface area (Å²) in [5.74, 6) is 0.580. The molecule has 1 heterocycles. The molecule has 0 radical (unpaired) electrons. The van der Waals surface area contributed by atoms with Crippen molar-refractivity contribution >= 4 is 51.7 Å². The second kappa shape index (κ2) is 8.85. The first-order valence-electron chi connectivity index (χ1n) is 8.44. The Morgan fingerprint density at radius 1 is 1.21 bits per heavy atom. The van der Waals surface area contributed by atoms with Crippen LogP contribution in [0.15, 0.2) is 53.4 Å². The van der Waals surface area contributed by atoms with Gasteiger partial charge in [-0.25, -0.2) is 0 Å². The minimum Gasteiger partial charge on any atom is -0.494 e. The minimum absolute atomic E-state index is 0.00394. The molecule has 0 bridgehead atoms. The summed E-state index contributed by atoms with van der Waals surface area (Å²) in [7, 11) is 0. The molecule has 0 spiro atoms. The second-order valence-electron chi connectivity index (χ2n) is 5.75. The van der Waals surface area contributed by atoms with Gasteiger partial charge in [-0.15, -0.1) is 0 Å². The zero-order valence-corrected chi connectivity index (χ0v) is 16.6. The molecule has 0 atom stereocenters. The minimum atomic E-state index is -0.462. The van der Waals surface area contributed by atoms with Crippen molar-refractivity contribution in [3.05, 3.63) is 69.1 Å². The quantitative estimate of drug-likeness (QED) is 0.313. The Morgan fingerprint density at radius 2 is 1.89 bits per heavy atom. The summed E-state index contributed by atoms with van der Waals surface area (Å²) in [5, 5.41) is 13.9. The standard InChI is InChI=1S/C19H17N3O4S2/c1-2-26-16-9-5-14(6-10-16)20-12-21-18(23)17(28-19(21)27)11-13-3-7-15(8-4-13)22(24)25/h3-11,20H,2,12H2,1H3/b17-11+. The largest absolute Gasteiger partial charge is 0.494 e. The first-order valence-corrected chi connectivity index (χ1v) is 9.67. The van der Waals surface area contributed by atoms with E-state index in [1.54, 1.807) is 18.2 Å². The van der Waals surface area contributed by atoms with Crippen molar-refractivity contribution in [3.63, 3.8) is 0 Å². The summed E-state index contributed by atoms with van der Waals surface area (Å²) in [6, 6.07) is 13.5. The molecule has 0 saturated carbocycles. The molecule has 1 amide bonds. The Bertz CT molecular complexity index is 927. The van der Waals surface area contributed by atoms with Crippen LogP contribution >= 0.6 is 24.0 Å². The van der Waals surface area contributed by atoms with Gasteiger partial charge in [-0.1, -0.05) is 24.0 Å². The molecule has 28 heavy (non-hydrogen) atoms. The molecule has 1 aliphatic heterocycles. The molecule has 2 aromatic rings. The summed E-state index contributed by atoms with van der Waals surface area (Å²) in [6.07, 6.45) is 1.68. The van der Waals surface area contributed by atoms with Crippen LogP contribution in [-0.2, 0) is 4.79 Å². The van der Waals surface area contributed by atoms with Gasteiger partial charge in [0.25, 0.3) is 11.6 Å². The van der Waals surface area contributed by atoms with Crippen LogP contribution in [0.25, 0.3) is 6.08 Å². The maximum Gasteiger partial charge on any atom is 0.269 e. The van der Waals surface area contributed by atoms with Gasteiger partial charge < -0.3 is 10.1 Å². The monoisotopic (exact) mass is 415 g/mol. The Labute approximate surface area is 171 Å². The van der Waals surface area contributed by atoms with Gasteiger partial charge in [0.2, 0.25) is 0 Å². The predicted octanol–water partition coefficient (Wildman–Crippen LogP) is 4.26. The highest BCUT2D eigenvalue weighted by Gasteiger charge is 2.31. The van der Waals surface area contributed by atoms with Crippen molar-refractivity contribution in [2.75, 3.05) is 18.6 Å². The molecular weight excluding hydrogens is 398 g/mol. The fourth-order valence-electron chi connectivity index (χ4n) is 2.49. The van der Waals surface area contributed by atoms with E-state index in [4.69, 9.17) is 17.0 Å². The topological polar surface area (TPSA) is 84.7 Å². The zero-order valence-electron chi connectivity index (χ0n) is 15.0. The second-order valence-corrected chi connectivity index (χ2v) is 7.43. The molecule has 2 aromatic carbocycles. The smallest absolute Gasteiger partial charge is 0.269 e. The third-order valence-corrected chi connectivity index (χ3v) is 5.26. The maximum atomic E-state index is 12.6. The molecule has 1 saturated heterocycles. The number of hydrogen-bond acceptors (Lipinski definition) is 7. The SMILES string of the molecule is CCOc1ccc(NCN2C(=O)/C(=C\c3ccc([N+](=O)[O-])cc3)SC2=S)cc1. The number of ether oxygens (including phenoxy) is 1. The highest BCUT2D eigenvalue weighted by atomic mass is 32.2. The van der Waals surface area contributed by atoms with Gasteiger partial charge >= 0.3 is 0 Å². The number of nitrogens with one attached hydrogen (secondary N) is 1. The van der Waals surface area contributed by atoms with Crippen LogP contribution in [-0.4, -0.2) is 33.3 Å². The summed E-state index contributed by atoms with van der Waals surface area (Å²) >= 11 is 6.52. The van der Waals surface area contributed by atoms with E-state index in [-0.39, 0.29) is 18.3 Å². The number of amides is 1. The van der Waals surface area contributed by atoms with Crippen LogP contribution in [0.3, 0.4) is 0 Å². The third-order valence-electron chi connectivity index (χ3n) is 3.88. The van der Waals surface area contributed by atoms with E-state index in [1.807, 2.05) is 31.2 Å². The number of rotatable bonds is 7. The lowest BCUT2D eigenvalue weighted by Gasteiger charge is -2.16. The van der Waals surface area contributed by atoms with E-state index in [0.717, 1.165) is 11.4 Å². The van der Waals surface area contributed by atoms with Crippen molar-refractivity contribution in [2.45, 2.75) is 6.92 Å². The van der Waals surface area contributed by atoms with Gasteiger partial charge in [0.05, 0.1) is 23.1 Å². The molecule has 1 aliphatic rings. The number of carbonyl (C=O) groups is 1. The van der Waals surface area contributed by atoms with E-state index in [2.05, 4.69) is 5.32 Å². The number of nitrogens with zero attached hydrogens (tertiary/aromatic N) is 2. The molecule has 1 N–H and O–H groups in total. The lowest BCUT2D eigenvalue weighted by molar-refractivity contribution is -0.384. The first kappa shape index (κ1) is 19.8. The molecular formula is C19H17N3O4S2. The Balaban J connectivity index is 1.65. The number of nitro groups is 1. The summed E-state index contributed by atoms with van der Waals surface area (Å²) in [5.41, 5.74) is 1.55. The van der Waals surface area contributed by atoms with E-state index < -0.39 is 4.92 Å². The van der Waals surface area contributed by atoms with E-state index in [0.29, 0.717) is 21.4 Å². The van der Waals surface area contributed by atoms with E-state index >= 15 is 0 Å². The van der Waals surface area contributed by atoms with Gasteiger partial charge in [-0.05, 0) is 55.0 Å². The van der Waals surface area contributed by atoms with Crippen LogP contribution in [0.1, 0.15) is 12.5 Å². The number of thioether (sulfide) groups is 1. The van der Waals surface area contributed by atoms with Gasteiger partial charge in [0.15, 0.2) is 0 Å². The number of non-ortho nitro benzene ring substituents is 1.